The van der Waals surface area contributed by atoms with Gasteiger partial charge in [-0.2, -0.15) is 13.2 Å². The molecule has 128 valence electrons. The normalized spacial score (nSPS) is 24.5. The molecule has 0 aliphatic carbocycles. The Balaban J connectivity index is 2.12. The fourth-order valence-corrected chi connectivity index (χ4v) is 3.22. The first-order valence-corrected chi connectivity index (χ1v) is 7.44. The SMILES string of the molecule is COC[C@@H]1C[C@@H]2CNCCN2c2cc(F)cc(C(F)(F)F)c2O1. The second-order valence-electron chi connectivity index (χ2n) is 5.78. The third kappa shape index (κ3) is 3.23. The molecule has 1 fully saturated rings. The van der Waals surface area contributed by atoms with Gasteiger partial charge in [0.25, 0.3) is 0 Å². The second kappa shape index (κ2) is 6.16. The third-order valence-corrected chi connectivity index (χ3v) is 4.17. The molecule has 2 aliphatic rings. The Morgan fingerprint density at radius 2 is 2.17 bits per heavy atom. The first kappa shape index (κ1) is 16.3. The maximum absolute atomic E-state index is 13.8. The second-order valence-corrected chi connectivity index (χ2v) is 5.78. The largest absolute Gasteiger partial charge is 0.485 e. The molecule has 1 aromatic carbocycles. The molecule has 1 N–H and O–H groups in total. The number of nitrogens with zero attached hydrogens (tertiary/aromatic N) is 1. The molecule has 2 heterocycles. The molecule has 0 aromatic heterocycles. The molecule has 8 heteroatoms. The fourth-order valence-electron chi connectivity index (χ4n) is 3.22. The van der Waals surface area contributed by atoms with E-state index in [1.807, 2.05) is 0 Å². The zero-order chi connectivity index (χ0) is 16.6. The quantitative estimate of drug-likeness (QED) is 0.843. The summed E-state index contributed by atoms with van der Waals surface area (Å²) in [5.41, 5.74) is -0.907. The van der Waals surface area contributed by atoms with Crippen molar-refractivity contribution in [2.75, 3.05) is 38.3 Å². The number of rotatable bonds is 2. The van der Waals surface area contributed by atoms with Crippen molar-refractivity contribution in [3.63, 3.8) is 0 Å². The number of hydrogen-bond acceptors (Lipinski definition) is 4. The number of halogens is 4. The number of nitrogens with one attached hydrogen (secondary N) is 1. The summed E-state index contributed by atoms with van der Waals surface area (Å²) in [7, 11) is 1.47. The summed E-state index contributed by atoms with van der Waals surface area (Å²) < 4.78 is 64.4. The van der Waals surface area contributed by atoms with Crippen LogP contribution in [0.15, 0.2) is 12.1 Å². The first-order chi connectivity index (χ1) is 10.9. The minimum atomic E-state index is -4.68. The van der Waals surface area contributed by atoms with E-state index in [0.717, 1.165) is 6.07 Å². The predicted octanol–water partition coefficient (Wildman–Crippen LogP) is 2.42. The van der Waals surface area contributed by atoms with Gasteiger partial charge >= 0.3 is 6.18 Å². The van der Waals surface area contributed by atoms with Crippen LogP contribution in [0.3, 0.4) is 0 Å². The highest BCUT2D eigenvalue weighted by Crippen LogP contribution is 2.45. The fraction of sp³-hybridized carbons (Fsp3) is 0.600. The number of alkyl halides is 3. The lowest BCUT2D eigenvalue weighted by Gasteiger charge is -2.37. The molecule has 1 aromatic rings. The predicted molar refractivity (Wildman–Crippen MR) is 76.3 cm³/mol. The highest BCUT2D eigenvalue weighted by Gasteiger charge is 2.41. The Labute approximate surface area is 131 Å². The van der Waals surface area contributed by atoms with Crippen LogP contribution >= 0.6 is 0 Å². The first-order valence-electron chi connectivity index (χ1n) is 7.44. The van der Waals surface area contributed by atoms with E-state index in [4.69, 9.17) is 9.47 Å². The molecule has 3 rings (SSSR count). The van der Waals surface area contributed by atoms with Gasteiger partial charge < -0.3 is 19.7 Å². The van der Waals surface area contributed by atoms with E-state index in [1.54, 1.807) is 4.90 Å². The van der Waals surface area contributed by atoms with Gasteiger partial charge in [-0.3, -0.25) is 0 Å². The van der Waals surface area contributed by atoms with Crippen LogP contribution in [0.4, 0.5) is 23.2 Å². The summed E-state index contributed by atoms with van der Waals surface area (Å²) in [6, 6.07) is 1.55. The van der Waals surface area contributed by atoms with Crippen LogP contribution in [0.25, 0.3) is 0 Å². The van der Waals surface area contributed by atoms with E-state index in [1.165, 1.54) is 7.11 Å². The molecule has 0 spiro atoms. The zero-order valence-electron chi connectivity index (χ0n) is 12.6. The molecule has 0 saturated carbocycles. The molecule has 0 radical (unpaired) electrons. The highest BCUT2D eigenvalue weighted by atomic mass is 19.4. The Bertz CT molecular complexity index is 579. The van der Waals surface area contributed by atoms with Crippen LogP contribution < -0.4 is 15.0 Å². The highest BCUT2D eigenvalue weighted by molar-refractivity contribution is 5.64. The zero-order valence-corrected chi connectivity index (χ0v) is 12.6. The van der Waals surface area contributed by atoms with E-state index in [9.17, 15) is 17.6 Å². The number of ether oxygens (including phenoxy) is 2. The van der Waals surface area contributed by atoms with Crippen LogP contribution in [0.2, 0.25) is 0 Å². The van der Waals surface area contributed by atoms with Gasteiger partial charge in [0, 0.05) is 45.3 Å². The van der Waals surface area contributed by atoms with E-state index in [2.05, 4.69) is 5.32 Å². The minimum Gasteiger partial charge on any atom is -0.485 e. The van der Waals surface area contributed by atoms with Crippen molar-refractivity contribution in [1.82, 2.24) is 5.32 Å². The summed E-state index contributed by atoms with van der Waals surface area (Å²) in [6.07, 6.45) is -4.69. The number of benzene rings is 1. The van der Waals surface area contributed by atoms with Crippen LogP contribution in [-0.4, -0.2) is 45.5 Å². The molecule has 0 bridgehead atoms. The maximum Gasteiger partial charge on any atom is 0.420 e. The van der Waals surface area contributed by atoms with Crippen molar-refractivity contribution < 1.29 is 27.0 Å². The molecule has 2 atom stereocenters. The van der Waals surface area contributed by atoms with Gasteiger partial charge in [-0.1, -0.05) is 0 Å². The van der Waals surface area contributed by atoms with Crippen molar-refractivity contribution in [2.45, 2.75) is 24.7 Å². The average Bonchev–Trinajstić information content (AvgIpc) is 2.63. The number of methoxy groups -OCH3 is 1. The number of fused-ring (bicyclic) bond motifs is 3. The number of hydrogen-bond donors (Lipinski definition) is 1. The lowest BCUT2D eigenvalue weighted by molar-refractivity contribution is -0.139. The van der Waals surface area contributed by atoms with Crippen molar-refractivity contribution >= 4 is 5.69 Å². The van der Waals surface area contributed by atoms with Crippen molar-refractivity contribution in [1.29, 1.82) is 0 Å². The van der Waals surface area contributed by atoms with Gasteiger partial charge in [-0.25, -0.2) is 4.39 Å². The van der Waals surface area contributed by atoms with Crippen molar-refractivity contribution in [3.8, 4) is 5.75 Å². The Kier molecular flexibility index (Phi) is 4.37. The van der Waals surface area contributed by atoms with Gasteiger partial charge in [-0.05, 0) is 6.07 Å². The van der Waals surface area contributed by atoms with E-state index in [0.29, 0.717) is 32.1 Å². The van der Waals surface area contributed by atoms with Gasteiger partial charge in [-0.15, -0.1) is 0 Å². The van der Waals surface area contributed by atoms with Crippen molar-refractivity contribution in [2.24, 2.45) is 0 Å². The van der Waals surface area contributed by atoms with Crippen LogP contribution in [-0.2, 0) is 10.9 Å². The van der Waals surface area contributed by atoms with Crippen molar-refractivity contribution in [3.05, 3.63) is 23.5 Å². The molecule has 4 nitrogen and oxygen atoms in total. The van der Waals surface area contributed by atoms with Gasteiger partial charge in [0.05, 0.1) is 12.3 Å². The van der Waals surface area contributed by atoms with Crippen LogP contribution in [0.5, 0.6) is 5.75 Å². The summed E-state index contributed by atoms with van der Waals surface area (Å²) in [5, 5.41) is 3.21. The van der Waals surface area contributed by atoms with Crippen LogP contribution in [0, 0.1) is 5.82 Å². The number of anilines is 1. The molecule has 23 heavy (non-hydrogen) atoms. The molecule has 2 aliphatic heterocycles. The van der Waals surface area contributed by atoms with Gasteiger partial charge in [0.2, 0.25) is 0 Å². The smallest absolute Gasteiger partial charge is 0.420 e. The molecule has 1 saturated heterocycles. The molecular formula is C15H18F4N2O2. The van der Waals surface area contributed by atoms with Crippen LogP contribution in [0.1, 0.15) is 12.0 Å². The third-order valence-electron chi connectivity index (χ3n) is 4.17. The summed E-state index contributed by atoms with van der Waals surface area (Å²) in [5.74, 6) is -1.22. The Morgan fingerprint density at radius 3 is 2.87 bits per heavy atom. The summed E-state index contributed by atoms with van der Waals surface area (Å²) >= 11 is 0. The summed E-state index contributed by atoms with van der Waals surface area (Å²) in [6.45, 7) is 1.92. The van der Waals surface area contributed by atoms with Gasteiger partial charge in [0.15, 0.2) is 5.75 Å². The Morgan fingerprint density at radius 1 is 1.39 bits per heavy atom. The molecule has 0 amide bonds. The Hall–Kier alpha value is -1.54. The minimum absolute atomic E-state index is 0.0620. The van der Waals surface area contributed by atoms with Gasteiger partial charge in [0.1, 0.15) is 17.5 Å². The molecular weight excluding hydrogens is 316 g/mol. The topological polar surface area (TPSA) is 33.7 Å². The van der Waals surface area contributed by atoms with E-state index in [-0.39, 0.29) is 24.1 Å². The molecule has 0 unspecified atom stereocenters. The van der Waals surface area contributed by atoms with E-state index >= 15 is 0 Å². The average molecular weight is 334 g/mol. The summed E-state index contributed by atoms with van der Waals surface area (Å²) in [4.78, 5) is 1.81. The number of piperazine rings is 1. The lowest BCUT2D eigenvalue weighted by atomic mass is 10.0. The lowest BCUT2D eigenvalue weighted by Crippen LogP contribution is -2.52. The monoisotopic (exact) mass is 334 g/mol. The van der Waals surface area contributed by atoms with E-state index < -0.39 is 23.7 Å². The maximum atomic E-state index is 13.8. The standard InChI is InChI=1S/C15H18F4N2O2/c1-22-8-11-6-10-7-20-2-3-21(10)13-5-9(16)4-12(14(13)23-11)15(17,18)19/h4-5,10-11,20H,2-3,6-8H2,1H3/t10-,11+/m1/s1.